The Labute approximate surface area is 118 Å². The van der Waals surface area contributed by atoms with Gasteiger partial charge in [0.15, 0.2) is 8.32 Å². The average molecular weight is 280 g/mol. The molecule has 0 saturated carbocycles. The third-order valence-electron chi connectivity index (χ3n) is 4.16. The monoisotopic (exact) mass is 280 g/mol. The first kappa shape index (κ1) is 16.4. The fraction of sp³-hybridized carbons (Fsp3) is 0.625. The van der Waals surface area contributed by atoms with E-state index in [1.54, 1.807) is 0 Å². The summed E-state index contributed by atoms with van der Waals surface area (Å²) in [5.41, 5.74) is 1.16. The first-order valence-corrected chi connectivity index (χ1v) is 9.93. The van der Waals surface area contributed by atoms with E-state index in [-0.39, 0.29) is 23.7 Å². The largest absolute Gasteiger partial charge is 0.410 e. The first-order chi connectivity index (χ1) is 8.69. The molecule has 0 unspecified atom stereocenters. The fourth-order valence-electron chi connectivity index (χ4n) is 1.75. The summed E-state index contributed by atoms with van der Waals surface area (Å²) < 4.78 is 6.52. The van der Waals surface area contributed by atoms with E-state index in [0.717, 1.165) is 5.56 Å². The first-order valence-electron chi connectivity index (χ1n) is 7.02. The maximum atomic E-state index is 9.50. The van der Waals surface area contributed by atoms with Crippen molar-refractivity contribution in [3.63, 3.8) is 0 Å². The molecule has 0 amide bonds. The summed E-state index contributed by atoms with van der Waals surface area (Å²) in [5, 5.41) is 9.68. The number of hydrogen-bond donors (Lipinski definition) is 1. The normalized spacial score (nSPS) is 16.2. The Morgan fingerprint density at radius 2 is 1.68 bits per heavy atom. The lowest BCUT2D eigenvalue weighted by Gasteiger charge is -2.40. The maximum absolute atomic E-state index is 9.50. The van der Waals surface area contributed by atoms with Gasteiger partial charge in [-0.15, -0.1) is 0 Å². The molecule has 0 aliphatic heterocycles. The molecule has 0 aliphatic carbocycles. The van der Waals surface area contributed by atoms with E-state index in [1.807, 2.05) is 25.1 Å². The van der Waals surface area contributed by atoms with Gasteiger partial charge in [0, 0.05) is 12.5 Å². The molecule has 1 N–H and O–H groups in total. The Kier molecular flexibility index (Phi) is 5.36. The van der Waals surface area contributed by atoms with Gasteiger partial charge in [-0.2, -0.15) is 0 Å². The van der Waals surface area contributed by atoms with Crippen molar-refractivity contribution in [3.8, 4) is 0 Å². The quantitative estimate of drug-likeness (QED) is 0.811. The molecule has 0 radical (unpaired) electrons. The van der Waals surface area contributed by atoms with Gasteiger partial charge in [-0.25, -0.2) is 0 Å². The van der Waals surface area contributed by atoms with E-state index in [2.05, 4.69) is 46.0 Å². The zero-order valence-electron chi connectivity index (χ0n) is 13.1. The molecule has 1 rings (SSSR count). The molecule has 0 saturated heterocycles. The van der Waals surface area contributed by atoms with Crippen LogP contribution in [0.4, 0.5) is 0 Å². The molecule has 1 aromatic rings. The number of benzene rings is 1. The van der Waals surface area contributed by atoms with Gasteiger partial charge >= 0.3 is 0 Å². The molecule has 19 heavy (non-hydrogen) atoms. The molecular formula is C16H28O2Si. The zero-order valence-corrected chi connectivity index (χ0v) is 14.1. The standard InChI is InChI=1S/C16H28O2Si/c1-13(12-17)15(14-10-8-7-9-11-14)18-19(5,6)16(2,3)4/h7-11,13,15,17H,12H2,1-6H3/t13-,15+/m0/s1. The number of aliphatic hydroxyl groups excluding tert-OH is 1. The summed E-state index contributed by atoms with van der Waals surface area (Å²) in [7, 11) is -1.84. The second-order valence-corrected chi connectivity index (χ2v) is 11.6. The Morgan fingerprint density at radius 1 is 1.16 bits per heavy atom. The summed E-state index contributed by atoms with van der Waals surface area (Å²) in [4.78, 5) is 0. The van der Waals surface area contributed by atoms with Crippen molar-refractivity contribution in [2.45, 2.75) is 51.9 Å². The minimum Gasteiger partial charge on any atom is -0.410 e. The minimum absolute atomic E-state index is 0.0212. The van der Waals surface area contributed by atoms with Crippen molar-refractivity contribution in [2.75, 3.05) is 6.61 Å². The number of hydrogen-bond acceptors (Lipinski definition) is 2. The van der Waals surface area contributed by atoms with Crippen molar-refractivity contribution >= 4 is 8.32 Å². The Balaban J connectivity index is 3.01. The third kappa shape index (κ3) is 4.16. The van der Waals surface area contributed by atoms with Crippen LogP contribution in [-0.2, 0) is 4.43 Å². The lowest BCUT2D eigenvalue weighted by atomic mass is 9.98. The predicted octanol–water partition coefficient (Wildman–Crippen LogP) is 4.38. The molecule has 2 atom stereocenters. The second-order valence-electron chi connectivity index (χ2n) is 6.87. The summed E-state index contributed by atoms with van der Waals surface area (Å²) >= 11 is 0. The van der Waals surface area contributed by atoms with E-state index >= 15 is 0 Å². The highest BCUT2D eigenvalue weighted by molar-refractivity contribution is 6.74. The van der Waals surface area contributed by atoms with Gasteiger partial charge in [0.05, 0.1) is 6.10 Å². The van der Waals surface area contributed by atoms with E-state index < -0.39 is 8.32 Å². The molecule has 0 spiro atoms. The van der Waals surface area contributed by atoms with E-state index in [4.69, 9.17) is 4.43 Å². The smallest absolute Gasteiger partial charge is 0.192 e. The van der Waals surface area contributed by atoms with Gasteiger partial charge in [0.1, 0.15) is 0 Å². The molecule has 2 nitrogen and oxygen atoms in total. The number of aliphatic hydroxyl groups is 1. The van der Waals surface area contributed by atoms with Crippen LogP contribution in [0.1, 0.15) is 39.4 Å². The fourth-order valence-corrected chi connectivity index (χ4v) is 3.10. The molecule has 3 heteroatoms. The van der Waals surface area contributed by atoms with E-state index in [0.29, 0.717) is 0 Å². The minimum atomic E-state index is -1.84. The van der Waals surface area contributed by atoms with Crippen LogP contribution in [0, 0.1) is 5.92 Å². The zero-order chi connectivity index (χ0) is 14.7. The van der Waals surface area contributed by atoms with Crippen LogP contribution < -0.4 is 0 Å². The van der Waals surface area contributed by atoms with Gasteiger partial charge in [0.2, 0.25) is 0 Å². The Morgan fingerprint density at radius 3 is 2.11 bits per heavy atom. The average Bonchev–Trinajstić information content (AvgIpc) is 2.35. The Bertz CT molecular complexity index is 381. The van der Waals surface area contributed by atoms with Gasteiger partial charge in [-0.1, -0.05) is 58.0 Å². The van der Waals surface area contributed by atoms with Crippen LogP contribution in [-0.4, -0.2) is 20.0 Å². The summed E-state index contributed by atoms with van der Waals surface area (Å²) in [6.45, 7) is 13.4. The molecule has 0 aliphatic rings. The molecule has 0 bridgehead atoms. The third-order valence-corrected chi connectivity index (χ3v) is 8.62. The Hall–Kier alpha value is -0.643. The lowest BCUT2D eigenvalue weighted by molar-refractivity contribution is 0.0850. The van der Waals surface area contributed by atoms with Crippen molar-refractivity contribution in [3.05, 3.63) is 35.9 Å². The van der Waals surface area contributed by atoms with Gasteiger partial charge in [0.25, 0.3) is 0 Å². The van der Waals surface area contributed by atoms with E-state index in [9.17, 15) is 5.11 Å². The van der Waals surface area contributed by atoms with Crippen molar-refractivity contribution in [2.24, 2.45) is 5.92 Å². The SMILES string of the molecule is C[C@@H](CO)[C@@H](O[Si](C)(C)C(C)(C)C)c1ccccc1. The second kappa shape index (κ2) is 6.20. The van der Waals surface area contributed by atoms with Crippen LogP contribution in [0.25, 0.3) is 0 Å². The van der Waals surface area contributed by atoms with Crippen LogP contribution >= 0.6 is 0 Å². The lowest BCUT2D eigenvalue weighted by Crippen LogP contribution is -2.43. The summed E-state index contributed by atoms with van der Waals surface area (Å²) in [5.74, 6) is 0.108. The predicted molar refractivity (Wildman–Crippen MR) is 83.7 cm³/mol. The highest BCUT2D eigenvalue weighted by Gasteiger charge is 2.40. The highest BCUT2D eigenvalue weighted by Crippen LogP contribution is 2.41. The van der Waals surface area contributed by atoms with Gasteiger partial charge in [-0.3, -0.25) is 0 Å². The van der Waals surface area contributed by atoms with Crippen LogP contribution in [0.5, 0.6) is 0 Å². The summed E-state index contributed by atoms with van der Waals surface area (Å²) in [6.07, 6.45) is -0.0212. The highest BCUT2D eigenvalue weighted by atomic mass is 28.4. The molecule has 0 fully saturated rings. The van der Waals surface area contributed by atoms with Gasteiger partial charge < -0.3 is 9.53 Å². The van der Waals surface area contributed by atoms with Crippen LogP contribution in [0.3, 0.4) is 0 Å². The summed E-state index contributed by atoms with van der Waals surface area (Å²) in [6, 6.07) is 10.2. The topological polar surface area (TPSA) is 29.5 Å². The molecule has 1 aromatic carbocycles. The van der Waals surface area contributed by atoms with Crippen molar-refractivity contribution in [1.29, 1.82) is 0 Å². The van der Waals surface area contributed by atoms with Crippen molar-refractivity contribution < 1.29 is 9.53 Å². The van der Waals surface area contributed by atoms with E-state index in [1.165, 1.54) is 0 Å². The van der Waals surface area contributed by atoms with Crippen molar-refractivity contribution in [1.82, 2.24) is 0 Å². The van der Waals surface area contributed by atoms with Crippen LogP contribution in [0.2, 0.25) is 18.1 Å². The maximum Gasteiger partial charge on any atom is 0.192 e. The molecular weight excluding hydrogens is 252 g/mol. The molecule has 0 aromatic heterocycles. The molecule has 108 valence electrons. The number of rotatable bonds is 5. The van der Waals surface area contributed by atoms with Gasteiger partial charge in [-0.05, 0) is 23.7 Å². The molecule has 0 heterocycles. The van der Waals surface area contributed by atoms with Crippen LogP contribution in [0.15, 0.2) is 30.3 Å².